The van der Waals surface area contributed by atoms with Crippen LogP contribution in [0.25, 0.3) is 27.6 Å². The average molecular weight is 615 g/mol. The van der Waals surface area contributed by atoms with Gasteiger partial charge in [-0.15, -0.1) is 5.10 Å². The second kappa shape index (κ2) is 12.5. The number of hydrogen-bond donors (Lipinski definition) is 1. The monoisotopic (exact) mass is 614 g/mol. The maximum atomic E-state index is 16.5. The zero-order valence-corrected chi connectivity index (χ0v) is 25.5. The van der Waals surface area contributed by atoms with Crippen molar-refractivity contribution in [3.05, 3.63) is 71.9 Å². The van der Waals surface area contributed by atoms with E-state index in [4.69, 9.17) is 9.47 Å². The van der Waals surface area contributed by atoms with Crippen molar-refractivity contribution >= 4 is 34.3 Å². The largest absolute Gasteiger partial charge is 0.496 e. The van der Waals surface area contributed by atoms with Crippen LogP contribution in [0.1, 0.15) is 35.8 Å². The average Bonchev–Trinajstić information content (AvgIpc) is 3.84. The Hall–Kier alpha value is -5.00. The van der Waals surface area contributed by atoms with E-state index in [1.165, 1.54) is 7.11 Å². The molecule has 2 aromatic carbocycles. The number of esters is 1. The van der Waals surface area contributed by atoms with E-state index in [0.717, 1.165) is 5.56 Å². The van der Waals surface area contributed by atoms with E-state index in [9.17, 15) is 14.4 Å². The van der Waals surface area contributed by atoms with Gasteiger partial charge in [-0.3, -0.25) is 19.1 Å². The van der Waals surface area contributed by atoms with Crippen LogP contribution in [0.3, 0.4) is 0 Å². The maximum absolute atomic E-state index is 16.5. The highest BCUT2D eigenvalue weighted by molar-refractivity contribution is 6.05. The third kappa shape index (κ3) is 5.79. The lowest BCUT2D eigenvalue weighted by molar-refractivity contribution is -0.146. The normalized spacial score (nSPS) is 18.3. The molecule has 4 heterocycles. The lowest BCUT2D eigenvalue weighted by atomic mass is 9.93. The lowest BCUT2D eigenvalue weighted by Gasteiger charge is -2.28. The van der Waals surface area contributed by atoms with Gasteiger partial charge < -0.3 is 24.3 Å². The first kappa shape index (κ1) is 30.0. The minimum atomic E-state index is -0.506. The molecule has 45 heavy (non-hydrogen) atoms. The number of benzene rings is 2. The Morgan fingerprint density at radius 2 is 1.89 bits per heavy atom. The van der Waals surface area contributed by atoms with Gasteiger partial charge in [0.2, 0.25) is 5.91 Å². The minimum absolute atomic E-state index is 0.0552. The first-order valence-electron chi connectivity index (χ1n) is 15.0. The number of fused-ring (bicyclic) bond motifs is 1. The molecule has 234 valence electrons. The summed E-state index contributed by atoms with van der Waals surface area (Å²) in [6.07, 6.45) is 6.06. The number of halogens is 1. The summed E-state index contributed by atoms with van der Waals surface area (Å²) in [5, 5.41) is 8.23. The minimum Gasteiger partial charge on any atom is -0.496 e. The van der Waals surface area contributed by atoms with E-state index in [1.54, 1.807) is 46.1 Å². The Labute approximate surface area is 259 Å². The molecule has 0 saturated carbocycles. The van der Waals surface area contributed by atoms with Gasteiger partial charge in [0.1, 0.15) is 11.4 Å². The summed E-state index contributed by atoms with van der Waals surface area (Å²) in [7, 11) is 2.91. The summed E-state index contributed by atoms with van der Waals surface area (Å²) < 4.78 is 28.7. The van der Waals surface area contributed by atoms with Crippen molar-refractivity contribution in [2.45, 2.75) is 26.3 Å². The van der Waals surface area contributed by atoms with Crippen LogP contribution >= 0.6 is 0 Å². The van der Waals surface area contributed by atoms with Gasteiger partial charge in [-0.05, 0) is 41.7 Å². The van der Waals surface area contributed by atoms with Crippen LogP contribution in [-0.2, 0) is 20.9 Å². The molecule has 1 N–H and O–H groups in total. The number of aromatic nitrogens is 4. The summed E-state index contributed by atoms with van der Waals surface area (Å²) in [5.74, 6) is -1.13. The lowest BCUT2D eigenvalue weighted by Crippen LogP contribution is -2.36. The number of nitrogens with zero attached hydrogens (tertiary/aromatic N) is 5. The number of amides is 2. The van der Waals surface area contributed by atoms with E-state index < -0.39 is 11.7 Å². The summed E-state index contributed by atoms with van der Waals surface area (Å²) in [6.45, 7) is 3.70. The third-order valence-electron chi connectivity index (χ3n) is 8.76. The van der Waals surface area contributed by atoms with Crippen LogP contribution in [0, 0.1) is 17.7 Å². The Kier molecular flexibility index (Phi) is 8.38. The van der Waals surface area contributed by atoms with Gasteiger partial charge in [-0.1, -0.05) is 36.4 Å². The van der Waals surface area contributed by atoms with Crippen LogP contribution < -0.4 is 4.74 Å². The molecule has 6 rings (SSSR count). The highest BCUT2D eigenvalue weighted by Gasteiger charge is 2.38. The van der Waals surface area contributed by atoms with Gasteiger partial charge in [0.05, 0.1) is 38.4 Å². The number of carbonyl (C=O) groups is 3. The third-order valence-corrected chi connectivity index (χ3v) is 8.76. The van der Waals surface area contributed by atoms with Crippen LogP contribution in [0.5, 0.6) is 5.75 Å². The standard InChI is InChI=1S/C33H35FN6O5/c1-20-17-39(19-26(20)33(43)45-3)32(42)27-16-25-24(22-8-4-5-9-28(22)44-2)15-23(30(34)31(25)36-27)21-7-6-12-38(18-21)29(41)10-13-40-14-11-35-37-40/h4-5,7-9,11,14-16,20,26,36H,6,10,12-13,17-19H2,1-3H3/t20-,26-/m0/s1. The molecule has 0 aliphatic carbocycles. The number of para-hydroxylation sites is 1. The van der Waals surface area contributed by atoms with Crippen molar-refractivity contribution in [3.63, 3.8) is 0 Å². The Balaban J connectivity index is 1.37. The number of ether oxygens (including phenoxy) is 2. The molecule has 0 bridgehead atoms. The number of methoxy groups -OCH3 is 2. The van der Waals surface area contributed by atoms with E-state index in [-0.39, 0.29) is 54.4 Å². The predicted molar refractivity (Wildman–Crippen MR) is 165 cm³/mol. The molecule has 0 radical (unpaired) electrons. The molecule has 1 saturated heterocycles. The first-order chi connectivity index (χ1) is 21.8. The van der Waals surface area contributed by atoms with E-state index in [2.05, 4.69) is 15.3 Å². The van der Waals surface area contributed by atoms with Crippen molar-refractivity contribution in [2.75, 3.05) is 40.4 Å². The number of aromatic amines is 1. The molecule has 0 spiro atoms. The Morgan fingerprint density at radius 3 is 2.64 bits per heavy atom. The number of carbonyl (C=O) groups excluding carboxylic acids is 3. The fourth-order valence-electron chi connectivity index (χ4n) is 6.33. The fraction of sp³-hybridized carbons (Fsp3) is 0.364. The van der Waals surface area contributed by atoms with Crippen LogP contribution in [0.2, 0.25) is 0 Å². The quantitative estimate of drug-likeness (QED) is 0.296. The van der Waals surface area contributed by atoms with Gasteiger partial charge in [-0.2, -0.15) is 0 Å². The second-order valence-electron chi connectivity index (χ2n) is 11.5. The van der Waals surface area contributed by atoms with E-state index >= 15 is 4.39 Å². The SMILES string of the molecule is COC(=O)[C@H]1CN(C(=O)c2cc3c(-c4ccccc4OC)cc(C4=CCCN(C(=O)CCn5ccnn5)C4)c(F)c3[nH]2)C[C@@H]1C. The Morgan fingerprint density at radius 1 is 1.07 bits per heavy atom. The highest BCUT2D eigenvalue weighted by atomic mass is 19.1. The van der Waals surface area contributed by atoms with Crippen molar-refractivity contribution in [1.82, 2.24) is 29.8 Å². The van der Waals surface area contributed by atoms with Gasteiger partial charge in [-0.25, -0.2) is 4.39 Å². The van der Waals surface area contributed by atoms with Crippen LogP contribution in [-0.4, -0.2) is 88.0 Å². The number of nitrogens with one attached hydrogen (secondary N) is 1. The number of aryl methyl sites for hydroxylation is 1. The topological polar surface area (TPSA) is 123 Å². The molecule has 0 unspecified atom stereocenters. The van der Waals surface area contributed by atoms with Crippen LogP contribution in [0.4, 0.5) is 4.39 Å². The van der Waals surface area contributed by atoms with Gasteiger partial charge in [0, 0.05) is 55.3 Å². The molecule has 1 fully saturated rings. The Bertz CT molecular complexity index is 1780. The molecule has 2 aliphatic heterocycles. The molecule has 2 atom stereocenters. The number of H-pyrrole nitrogens is 1. The van der Waals surface area contributed by atoms with Gasteiger partial charge in [0.25, 0.3) is 5.91 Å². The zero-order chi connectivity index (χ0) is 31.7. The number of rotatable bonds is 8. The number of likely N-dealkylation sites (tertiary alicyclic amines) is 1. The smallest absolute Gasteiger partial charge is 0.310 e. The number of hydrogen-bond acceptors (Lipinski definition) is 7. The summed E-state index contributed by atoms with van der Waals surface area (Å²) in [5.41, 5.74) is 2.86. The molecular formula is C33H35FN6O5. The van der Waals surface area contributed by atoms with Crippen LogP contribution in [0.15, 0.2) is 54.9 Å². The first-order valence-corrected chi connectivity index (χ1v) is 15.0. The molecule has 2 aromatic heterocycles. The summed E-state index contributed by atoms with van der Waals surface area (Å²) >= 11 is 0. The summed E-state index contributed by atoms with van der Waals surface area (Å²) in [4.78, 5) is 45.4. The summed E-state index contributed by atoms with van der Waals surface area (Å²) in [6, 6.07) is 10.9. The maximum Gasteiger partial charge on any atom is 0.310 e. The van der Waals surface area contributed by atoms with E-state index in [1.807, 2.05) is 37.3 Å². The fourth-order valence-corrected chi connectivity index (χ4v) is 6.33. The van der Waals surface area contributed by atoms with Gasteiger partial charge >= 0.3 is 5.97 Å². The zero-order valence-electron chi connectivity index (χ0n) is 25.5. The molecule has 2 aliphatic rings. The molecule has 2 amide bonds. The van der Waals surface area contributed by atoms with Crippen molar-refractivity contribution in [3.8, 4) is 16.9 Å². The highest BCUT2D eigenvalue weighted by Crippen LogP contribution is 2.40. The predicted octanol–water partition coefficient (Wildman–Crippen LogP) is 4.16. The molecular weight excluding hydrogens is 579 g/mol. The van der Waals surface area contributed by atoms with Crippen molar-refractivity contribution in [1.29, 1.82) is 0 Å². The molecule has 4 aromatic rings. The second-order valence-corrected chi connectivity index (χ2v) is 11.5. The molecule has 12 heteroatoms. The van der Waals surface area contributed by atoms with E-state index in [0.29, 0.717) is 53.9 Å². The van der Waals surface area contributed by atoms with Crippen molar-refractivity contribution < 1.29 is 28.2 Å². The van der Waals surface area contributed by atoms with Crippen molar-refractivity contribution in [2.24, 2.45) is 11.8 Å². The molecule has 11 nitrogen and oxygen atoms in total. The van der Waals surface area contributed by atoms with Gasteiger partial charge in [0.15, 0.2) is 5.82 Å².